The number of carbonyl (C=O) groups is 1. The van der Waals surface area contributed by atoms with Gasteiger partial charge in [0.25, 0.3) is 0 Å². The molecule has 0 fully saturated rings. The van der Waals surface area contributed by atoms with E-state index in [0.717, 1.165) is 12.8 Å². The summed E-state index contributed by atoms with van der Waals surface area (Å²) in [6.07, 6.45) is 11.6. The van der Waals surface area contributed by atoms with Crippen LogP contribution in [0.3, 0.4) is 0 Å². The fourth-order valence-corrected chi connectivity index (χ4v) is 2.51. The Kier molecular flexibility index (Phi) is 13.3. The Hall–Kier alpha value is -0.680. The first-order valence-corrected chi connectivity index (χ1v) is 9.92. The zero-order valence-corrected chi connectivity index (χ0v) is 15.3. The van der Waals surface area contributed by atoms with Gasteiger partial charge in [-0.2, -0.15) is 0 Å². The van der Waals surface area contributed by atoms with Gasteiger partial charge in [-0.25, -0.2) is 9.36 Å². The molecule has 0 aliphatic rings. The summed E-state index contributed by atoms with van der Waals surface area (Å²) < 4.78 is 20.2. The second-order valence-corrected chi connectivity index (χ2v) is 7.05. The van der Waals surface area contributed by atoms with Crippen molar-refractivity contribution in [1.82, 2.24) is 0 Å². The summed E-state index contributed by atoms with van der Waals surface area (Å²) in [7, 11) is -4.35. The van der Waals surface area contributed by atoms with Crippen LogP contribution in [0.15, 0.2) is 12.2 Å². The molecule has 0 amide bonds. The molecule has 0 spiro atoms. The Morgan fingerprint density at radius 1 is 1.00 bits per heavy atom. The molecule has 0 aromatic heterocycles. The average Bonchev–Trinajstić information content (AvgIpc) is 2.50. The molecule has 0 bridgehead atoms. The molecule has 1 N–H and O–H groups in total. The lowest BCUT2D eigenvalue weighted by atomic mass is 10.1. The van der Waals surface area contributed by atoms with Gasteiger partial charge in [-0.15, -0.1) is 0 Å². The van der Waals surface area contributed by atoms with E-state index in [0.29, 0.717) is 6.42 Å². The first-order chi connectivity index (χ1) is 10.9. The highest BCUT2D eigenvalue weighted by Crippen LogP contribution is 2.43. The molecule has 1 atom stereocenters. The molecule has 0 rings (SSSR count). The SMILES string of the molecule is C=C(C)C(=O)OOP(=O)(O)OCCCCCCCCCCCC. The van der Waals surface area contributed by atoms with Crippen LogP contribution in [-0.2, 0) is 23.4 Å². The standard InChI is InChI=1S/C16H31O6P/c1-4-5-6-7-8-9-10-11-12-13-14-20-23(18,19)22-21-16(17)15(2)3/h2,4-14H2,1,3H3,(H,18,19). The minimum atomic E-state index is -4.35. The Labute approximate surface area is 139 Å². The second-order valence-electron chi connectivity index (χ2n) is 5.71. The van der Waals surface area contributed by atoms with E-state index >= 15 is 0 Å². The van der Waals surface area contributed by atoms with Crippen molar-refractivity contribution in [3.63, 3.8) is 0 Å². The lowest BCUT2D eigenvalue weighted by molar-refractivity contribution is -0.218. The molecule has 6 nitrogen and oxygen atoms in total. The second kappa shape index (κ2) is 13.7. The maximum Gasteiger partial charge on any atom is 0.508 e. The fourth-order valence-electron chi connectivity index (χ4n) is 1.94. The van der Waals surface area contributed by atoms with Gasteiger partial charge in [-0.05, 0) is 13.3 Å². The highest BCUT2D eigenvalue weighted by atomic mass is 31.2. The third-order valence-electron chi connectivity index (χ3n) is 3.31. The normalized spacial score (nSPS) is 13.5. The van der Waals surface area contributed by atoms with Gasteiger partial charge in [0.2, 0.25) is 0 Å². The van der Waals surface area contributed by atoms with Crippen LogP contribution in [0.4, 0.5) is 0 Å². The molecule has 0 saturated carbocycles. The summed E-state index contributed by atoms with van der Waals surface area (Å²) in [5.41, 5.74) is 0.0692. The zero-order valence-electron chi connectivity index (χ0n) is 14.4. The third kappa shape index (κ3) is 14.6. The van der Waals surface area contributed by atoms with E-state index in [9.17, 15) is 14.3 Å². The lowest BCUT2D eigenvalue weighted by Crippen LogP contribution is -2.06. The monoisotopic (exact) mass is 350 g/mol. The number of hydrogen-bond acceptors (Lipinski definition) is 5. The van der Waals surface area contributed by atoms with Crippen LogP contribution < -0.4 is 0 Å². The molecular weight excluding hydrogens is 319 g/mol. The summed E-state index contributed by atoms with van der Waals surface area (Å²) in [5.74, 6) is -0.901. The number of carbonyl (C=O) groups excluding carboxylic acids is 1. The van der Waals surface area contributed by atoms with Crippen molar-refractivity contribution in [1.29, 1.82) is 0 Å². The van der Waals surface area contributed by atoms with E-state index in [1.165, 1.54) is 51.9 Å². The van der Waals surface area contributed by atoms with Crippen molar-refractivity contribution in [3.05, 3.63) is 12.2 Å². The molecule has 7 heteroatoms. The highest BCUT2D eigenvalue weighted by Gasteiger charge is 2.24. The summed E-state index contributed by atoms with van der Waals surface area (Å²) in [6.45, 7) is 7.03. The van der Waals surface area contributed by atoms with Crippen molar-refractivity contribution in [2.45, 2.75) is 78.1 Å². The minimum Gasteiger partial charge on any atom is -0.300 e. The number of hydrogen-bond donors (Lipinski definition) is 1. The van der Waals surface area contributed by atoms with Crippen molar-refractivity contribution in [2.75, 3.05) is 6.61 Å². The van der Waals surface area contributed by atoms with Crippen molar-refractivity contribution in [2.24, 2.45) is 0 Å². The molecule has 0 aliphatic heterocycles. The van der Waals surface area contributed by atoms with Crippen LogP contribution in [0.25, 0.3) is 0 Å². The maximum atomic E-state index is 11.4. The Morgan fingerprint density at radius 2 is 1.48 bits per heavy atom. The molecule has 0 saturated heterocycles. The maximum absolute atomic E-state index is 11.4. The predicted molar refractivity (Wildman–Crippen MR) is 89.6 cm³/mol. The zero-order chi connectivity index (χ0) is 17.6. The molecule has 0 radical (unpaired) electrons. The van der Waals surface area contributed by atoms with Crippen molar-refractivity contribution in [3.8, 4) is 0 Å². The van der Waals surface area contributed by atoms with Crippen molar-refractivity contribution < 1.29 is 28.3 Å². The van der Waals surface area contributed by atoms with Gasteiger partial charge in [-0.1, -0.05) is 76.0 Å². The van der Waals surface area contributed by atoms with E-state index in [2.05, 4.69) is 23.1 Å². The minimum absolute atomic E-state index is 0.0692. The van der Waals surface area contributed by atoms with Crippen LogP contribution in [0, 0.1) is 0 Å². The molecule has 136 valence electrons. The van der Waals surface area contributed by atoms with Gasteiger partial charge in [0, 0.05) is 5.57 Å². The van der Waals surface area contributed by atoms with E-state index in [1.54, 1.807) is 0 Å². The predicted octanol–water partition coefficient (Wildman–Crippen LogP) is 5.08. The van der Waals surface area contributed by atoms with E-state index in [-0.39, 0.29) is 12.2 Å². The van der Waals surface area contributed by atoms with E-state index in [1.807, 2.05) is 0 Å². The molecule has 0 aromatic carbocycles. The summed E-state index contributed by atoms with van der Waals surface area (Å²) >= 11 is 0. The summed E-state index contributed by atoms with van der Waals surface area (Å²) in [6, 6.07) is 0. The third-order valence-corrected chi connectivity index (χ3v) is 4.08. The van der Waals surface area contributed by atoms with Crippen LogP contribution in [0.2, 0.25) is 0 Å². The van der Waals surface area contributed by atoms with Crippen LogP contribution >= 0.6 is 7.82 Å². The van der Waals surface area contributed by atoms with Gasteiger partial charge in [0.15, 0.2) is 0 Å². The van der Waals surface area contributed by atoms with Crippen LogP contribution in [-0.4, -0.2) is 17.5 Å². The quantitative estimate of drug-likeness (QED) is 0.146. The molecule has 1 unspecified atom stereocenters. The van der Waals surface area contributed by atoms with Gasteiger partial charge in [0.1, 0.15) is 0 Å². The van der Waals surface area contributed by atoms with E-state index < -0.39 is 13.8 Å². The average molecular weight is 350 g/mol. The molecule has 23 heavy (non-hydrogen) atoms. The molecular formula is C16H31O6P. The van der Waals surface area contributed by atoms with Gasteiger partial charge in [0.05, 0.1) is 6.61 Å². The Bertz CT molecular complexity index is 383. The first-order valence-electron chi connectivity index (χ1n) is 8.42. The van der Waals surface area contributed by atoms with Gasteiger partial charge in [-0.3, -0.25) is 9.41 Å². The smallest absolute Gasteiger partial charge is 0.300 e. The number of unbranched alkanes of at least 4 members (excludes halogenated alkanes) is 9. The van der Waals surface area contributed by atoms with Gasteiger partial charge < -0.3 is 4.89 Å². The topological polar surface area (TPSA) is 82.1 Å². The van der Waals surface area contributed by atoms with Crippen molar-refractivity contribution >= 4 is 13.8 Å². The van der Waals surface area contributed by atoms with Gasteiger partial charge >= 0.3 is 13.8 Å². The molecule has 0 heterocycles. The Morgan fingerprint density at radius 3 is 1.96 bits per heavy atom. The molecule has 0 aliphatic carbocycles. The lowest BCUT2D eigenvalue weighted by Gasteiger charge is -2.10. The fraction of sp³-hybridized carbons (Fsp3) is 0.812. The van der Waals surface area contributed by atoms with Crippen LogP contribution in [0.5, 0.6) is 0 Å². The summed E-state index contributed by atoms with van der Waals surface area (Å²) in [5, 5.41) is 0. The Balaban J connectivity index is 3.47. The van der Waals surface area contributed by atoms with E-state index in [4.69, 9.17) is 4.52 Å². The largest absolute Gasteiger partial charge is 0.508 e. The number of rotatable bonds is 15. The highest BCUT2D eigenvalue weighted by molar-refractivity contribution is 7.47. The molecule has 0 aromatic rings. The number of phosphoric acid groups is 1. The van der Waals surface area contributed by atoms with Crippen LogP contribution in [0.1, 0.15) is 78.1 Å². The summed E-state index contributed by atoms with van der Waals surface area (Å²) in [4.78, 5) is 24.4. The number of phosphoric ester groups is 1. The first kappa shape index (κ1) is 22.3.